The van der Waals surface area contributed by atoms with Gasteiger partial charge in [-0.25, -0.2) is 0 Å². The Balaban J connectivity index is 1.96. The summed E-state index contributed by atoms with van der Waals surface area (Å²) in [5, 5.41) is 7.54. The van der Waals surface area contributed by atoms with Crippen molar-refractivity contribution in [2.75, 3.05) is 13.1 Å². The maximum atomic E-state index is 4.31. The molecule has 1 aliphatic rings. The van der Waals surface area contributed by atoms with E-state index >= 15 is 0 Å². The van der Waals surface area contributed by atoms with Gasteiger partial charge in [0.05, 0.1) is 17.8 Å². The summed E-state index contributed by atoms with van der Waals surface area (Å²) in [6.07, 6.45) is 4.85. The molecule has 1 saturated heterocycles. The van der Waals surface area contributed by atoms with Crippen LogP contribution in [0, 0.1) is 17.8 Å². The van der Waals surface area contributed by atoms with Gasteiger partial charge in [0.25, 0.3) is 0 Å². The van der Waals surface area contributed by atoms with E-state index in [-0.39, 0.29) is 0 Å². The molecule has 0 aliphatic carbocycles. The molecule has 1 aromatic heterocycles. The van der Waals surface area contributed by atoms with Gasteiger partial charge in [-0.3, -0.25) is 4.68 Å². The molecule has 15 heavy (non-hydrogen) atoms. The standard InChI is InChI=1S/C12H17N3/c1-10(2)4-3-5-11-6-14-15(9-11)12-7-13-8-12/h6,9-10,12-13H,4,7-8H2,1-2H3. The van der Waals surface area contributed by atoms with E-state index in [0.717, 1.165) is 25.1 Å². The number of nitrogens with zero attached hydrogens (tertiary/aromatic N) is 2. The Morgan fingerprint density at radius 2 is 2.40 bits per heavy atom. The first-order valence-electron chi connectivity index (χ1n) is 5.49. The molecule has 0 saturated carbocycles. The Labute approximate surface area is 90.9 Å². The van der Waals surface area contributed by atoms with Crippen molar-refractivity contribution in [3.63, 3.8) is 0 Å². The maximum absolute atomic E-state index is 4.31. The largest absolute Gasteiger partial charge is 0.312 e. The molecule has 1 N–H and O–H groups in total. The molecule has 0 atom stereocenters. The minimum absolute atomic E-state index is 0.533. The lowest BCUT2D eigenvalue weighted by Gasteiger charge is -2.26. The summed E-state index contributed by atoms with van der Waals surface area (Å²) in [6, 6.07) is 0.533. The molecular weight excluding hydrogens is 186 g/mol. The van der Waals surface area contributed by atoms with E-state index in [1.54, 1.807) is 0 Å². The zero-order chi connectivity index (χ0) is 10.7. The zero-order valence-corrected chi connectivity index (χ0v) is 9.33. The molecule has 1 aliphatic heterocycles. The Bertz CT molecular complexity index is 377. The normalized spacial score (nSPS) is 15.9. The first-order valence-corrected chi connectivity index (χ1v) is 5.49. The van der Waals surface area contributed by atoms with Crippen molar-refractivity contribution in [1.29, 1.82) is 0 Å². The van der Waals surface area contributed by atoms with Crippen LogP contribution in [0.5, 0.6) is 0 Å². The molecule has 0 radical (unpaired) electrons. The van der Waals surface area contributed by atoms with Crippen molar-refractivity contribution < 1.29 is 0 Å². The van der Waals surface area contributed by atoms with Gasteiger partial charge < -0.3 is 5.32 Å². The van der Waals surface area contributed by atoms with Crippen LogP contribution in [0.2, 0.25) is 0 Å². The molecule has 0 aromatic carbocycles. The third-order valence-electron chi connectivity index (χ3n) is 2.48. The van der Waals surface area contributed by atoms with E-state index in [1.807, 2.05) is 17.1 Å². The summed E-state index contributed by atoms with van der Waals surface area (Å²) in [5.74, 6) is 6.96. The predicted molar refractivity (Wildman–Crippen MR) is 60.5 cm³/mol. The summed E-state index contributed by atoms with van der Waals surface area (Å²) in [6.45, 7) is 6.41. The second-order valence-corrected chi connectivity index (χ2v) is 4.42. The molecule has 80 valence electrons. The molecule has 0 spiro atoms. The molecule has 3 heteroatoms. The van der Waals surface area contributed by atoms with Gasteiger partial charge in [-0.15, -0.1) is 0 Å². The lowest BCUT2D eigenvalue weighted by molar-refractivity contribution is 0.318. The monoisotopic (exact) mass is 203 g/mol. The highest BCUT2D eigenvalue weighted by atomic mass is 15.3. The summed E-state index contributed by atoms with van der Waals surface area (Å²) < 4.78 is 2.01. The summed E-state index contributed by atoms with van der Waals surface area (Å²) in [4.78, 5) is 0. The SMILES string of the molecule is CC(C)CC#Cc1cnn(C2CNC2)c1. The Kier molecular flexibility index (Phi) is 3.08. The molecule has 2 heterocycles. The summed E-state index contributed by atoms with van der Waals surface area (Å²) in [7, 11) is 0. The van der Waals surface area contributed by atoms with Crippen molar-refractivity contribution in [1.82, 2.24) is 15.1 Å². The first kappa shape index (κ1) is 10.3. The Morgan fingerprint density at radius 1 is 1.60 bits per heavy atom. The van der Waals surface area contributed by atoms with Crippen molar-refractivity contribution in [3.05, 3.63) is 18.0 Å². The Morgan fingerprint density at radius 3 is 3.00 bits per heavy atom. The van der Waals surface area contributed by atoms with Gasteiger partial charge in [-0.05, 0) is 5.92 Å². The van der Waals surface area contributed by atoms with Gasteiger partial charge in [0.1, 0.15) is 0 Å². The topological polar surface area (TPSA) is 29.9 Å². The molecule has 1 fully saturated rings. The first-order chi connectivity index (χ1) is 7.25. The van der Waals surface area contributed by atoms with E-state index in [0.29, 0.717) is 12.0 Å². The molecule has 3 nitrogen and oxygen atoms in total. The average Bonchev–Trinajstić information content (AvgIpc) is 2.49. The summed E-state index contributed by atoms with van der Waals surface area (Å²) in [5.41, 5.74) is 1.03. The van der Waals surface area contributed by atoms with E-state index < -0.39 is 0 Å². The van der Waals surface area contributed by atoms with E-state index in [1.165, 1.54) is 0 Å². The number of nitrogens with one attached hydrogen (secondary N) is 1. The van der Waals surface area contributed by atoms with Gasteiger partial charge in [0.2, 0.25) is 0 Å². The van der Waals surface area contributed by atoms with E-state index in [9.17, 15) is 0 Å². The van der Waals surface area contributed by atoms with Gasteiger partial charge in [-0.2, -0.15) is 5.10 Å². The van der Waals surface area contributed by atoms with Crippen molar-refractivity contribution >= 4 is 0 Å². The van der Waals surface area contributed by atoms with Gasteiger partial charge in [0, 0.05) is 25.7 Å². The lowest BCUT2D eigenvalue weighted by Crippen LogP contribution is -2.43. The van der Waals surface area contributed by atoms with E-state index in [4.69, 9.17) is 0 Å². The number of hydrogen-bond acceptors (Lipinski definition) is 2. The van der Waals surface area contributed by atoms with Gasteiger partial charge in [-0.1, -0.05) is 25.7 Å². The minimum atomic E-state index is 0.533. The molecule has 2 rings (SSSR count). The number of rotatable bonds is 2. The van der Waals surface area contributed by atoms with Crippen LogP contribution >= 0.6 is 0 Å². The second kappa shape index (κ2) is 4.50. The van der Waals surface area contributed by atoms with Crippen LogP contribution in [0.4, 0.5) is 0 Å². The van der Waals surface area contributed by atoms with Crippen LogP contribution in [-0.4, -0.2) is 22.9 Å². The minimum Gasteiger partial charge on any atom is -0.312 e. The van der Waals surface area contributed by atoms with Crippen LogP contribution < -0.4 is 5.32 Å². The zero-order valence-electron chi connectivity index (χ0n) is 9.33. The highest BCUT2D eigenvalue weighted by molar-refractivity contribution is 5.29. The predicted octanol–water partition coefficient (Wildman–Crippen LogP) is 1.43. The van der Waals surface area contributed by atoms with Gasteiger partial charge in [0.15, 0.2) is 0 Å². The smallest absolute Gasteiger partial charge is 0.0768 e. The maximum Gasteiger partial charge on any atom is 0.0768 e. The van der Waals surface area contributed by atoms with Gasteiger partial charge >= 0.3 is 0 Å². The van der Waals surface area contributed by atoms with Crippen LogP contribution in [0.1, 0.15) is 31.9 Å². The number of aromatic nitrogens is 2. The van der Waals surface area contributed by atoms with Crippen LogP contribution in [0.3, 0.4) is 0 Å². The molecule has 1 aromatic rings. The third-order valence-corrected chi connectivity index (χ3v) is 2.48. The van der Waals surface area contributed by atoms with Crippen LogP contribution in [0.25, 0.3) is 0 Å². The fourth-order valence-corrected chi connectivity index (χ4v) is 1.42. The lowest BCUT2D eigenvalue weighted by atomic mass is 10.1. The average molecular weight is 203 g/mol. The number of hydrogen-bond donors (Lipinski definition) is 1. The molecule has 0 amide bonds. The fourth-order valence-electron chi connectivity index (χ4n) is 1.42. The van der Waals surface area contributed by atoms with Crippen LogP contribution in [-0.2, 0) is 0 Å². The quantitative estimate of drug-likeness (QED) is 0.737. The third kappa shape index (κ3) is 2.60. The molecule has 0 bridgehead atoms. The highest BCUT2D eigenvalue weighted by Crippen LogP contribution is 2.10. The molecular formula is C12H17N3. The highest BCUT2D eigenvalue weighted by Gasteiger charge is 2.18. The van der Waals surface area contributed by atoms with Crippen molar-refractivity contribution in [2.45, 2.75) is 26.3 Å². The van der Waals surface area contributed by atoms with Crippen molar-refractivity contribution in [2.24, 2.45) is 5.92 Å². The van der Waals surface area contributed by atoms with Crippen molar-refractivity contribution in [3.8, 4) is 11.8 Å². The Hall–Kier alpha value is -1.27. The fraction of sp³-hybridized carbons (Fsp3) is 0.583. The van der Waals surface area contributed by atoms with E-state index in [2.05, 4.69) is 36.1 Å². The van der Waals surface area contributed by atoms with Crippen LogP contribution in [0.15, 0.2) is 12.4 Å². The second-order valence-electron chi connectivity index (χ2n) is 4.42. The molecule has 0 unspecified atom stereocenters. The summed E-state index contributed by atoms with van der Waals surface area (Å²) >= 11 is 0.